The minimum atomic E-state index is -0.215. The number of benzene rings is 2. The monoisotopic (exact) mass is 414 g/mol. The Morgan fingerprint density at radius 2 is 2.04 bits per heavy atom. The summed E-state index contributed by atoms with van der Waals surface area (Å²) in [7, 11) is 0. The topological polar surface area (TPSA) is 17.8 Å². The molecule has 0 radical (unpaired) electrons. The van der Waals surface area contributed by atoms with Crippen molar-refractivity contribution in [2.75, 3.05) is 0 Å². The standard InChI is InChI=1S/C17H13Cl2FN2Se/c18-12-4-5-15(16(19)8-12)17(10-22-7-6-21-11-22)23-14-3-1-2-13(20)9-14/h1-9,11,17H,10H2. The van der Waals surface area contributed by atoms with E-state index in [9.17, 15) is 4.39 Å². The van der Waals surface area contributed by atoms with Gasteiger partial charge in [-0.05, 0) is 0 Å². The molecule has 0 aliphatic rings. The predicted octanol–water partition coefficient (Wildman–Crippen LogP) is 4.10. The van der Waals surface area contributed by atoms with E-state index in [0.717, 1.165) is 16.6 Å². The Labute approximate surface area is 150 Å². The third-order valence-electron chi connectivity index (χ3n) is 3.32. The summed E-state index contributed by atoms with van der Waals surface area (Å²) >= 11 is 12.4. The second-order valence-electron chi connectivity index (χ2n) is 4.99. The molecule has 1 atom stereocenters. The van der Waals surface area contributed by atoms with Crippen LogP contribution in [0, 0.1) is 5.82 Å². The molecule has 0 fully saturated rings. The van der Waals surface area contributed by atoms with Crippen LogP contribution in [-0.4, -0.2) is 24.5 Å². The maximum atomic E-state index is 13.5. The SMILES string of the molecule is Fc1cccc([Se]C(Cn2ccnc2)c2ccc(Cl)cc2Cl)c1. The zero-order chi connectivity index (χ0) is 16.2. The van der Waals surface area contributed by atoms with Crippen LogP contribution in [0.3, 0.4) is 0 Å². The molecule has 2 aromatic carbocycles. The maximum absolute atomic E-state index is 13.5. The normalized spacial score (nSPS) is 12.3. The van der Waals surface area contributed by atoms with Crippen LogP contribution in [0.5, 0.6) is 0 Å². The van der Waals surface area contributed by atoms with Gasteiger partial charge in [-0.3, -0.25) is 0 Å². The van der Waals surface area contributed by atoms with Gasteiger partial charge >= 0.3 is 151 Å². The van der Waals surface area contributed by atoms with E-state index >= 15 is 0 Å². The molecule has 1 heterocycles. The van der Waals surface area contributed by atoms with Crippen LogP contribution < -0.4 is 4.46 Å². The van der Waals surface area contributed by atoms with Gasteiger partial charge in [0.05, 0.1) is 0 Å². The first-order valence-corrected chi connectivity index (χ1v) is 9.55. The molecule has 0 N–H and O–H groups in total. The molecule has 1 unspecified atom stereocenters. The molecule has 2 nitrogen and oxygen atoms in total. The van der Waals surface area contributed by atoms with E-state index in [0.29, 0.717) is 10.0 Å². The van der Waals surface area contributed by atoms with E-state index in [1.807, 2.05) is 29.0 Å². The van der Waals surface area contributed by atoms with Crippen molar-refractivity contribution in [2.24, 2.45) is 0 Å². The molecule has 0 aliphatic heterocycles. The molecular weight excluding hydrogens is 401 g/mol. The van der Waals surface area contributed by atoms with Crippen LogP contribution in [0.2, 0.25) is 10.0 Å². The summed E-state index contributed by atoms with van der Waals surface area (Å²) in [5.41, 5.74) is 1.02. The predicted molar refractivity (Wildman–Crippen MR) is 93.2 cm³/mol. The van der Waals surface area contributed by atoms with Crippen molar-refractivity contribution in [2.45, 2.75) is 11.4 Å². The second kappa shape index (κ2) is 7.50. The van der Waals surface area contributed by atoms with Gasteiger partial charge in [-0.15, -0.1) is 0 Å². The van der Waals surface area contributed by atoms with Gasteiger partial charge in [0.1, 0.15) is 0 Å². The molecule has 0 aliphatic carbocycles. The summed E-state index contributed by atoms with van der Waals surface area (Å²) in [6.07, 6.45) is 5.44. The van der Waals surface area contributed by atoms with Gasteiger partial charge in [-0.25, -0.2) is 0 Å². The first-order chi connectivity index (χ1) is 11.1. The molecule has 1 aromatic heterocycles. The van der Waals surface area contributed by atoms with Gasteiger partial charge in [-0.2, -0.15) is 0 Å². The number of imidazole rings is 1. The van der Waals surface area contributed by atoms with Crippen molar-refractivity contribution < 1.29 is 4.39 Å². The molecule has 3 aromatic rings. The quantitative estimate of drug-likeness (QED) is 0.575. The van der Waals surface area contributed by atoms with Gasteiger partial charge < -0.3 is 0 Å². The molecule has 23 heavy (non-hydrogen) atoms. The van der Waals surface area contributed by atoms with Crippen molar-refractivity contribution in [3.8, 4) is 0 Å². The van der Waals surface area contributed by atoms with E-state index in [1.54, 1.807) is 30.7 Å². The minimum absolute atomic E-state index is 0.0177. The Kier molecular flexibility index (Phi) is 5.39. The van der Waals surface area contributed by atoms with Crippen molar-refractivity contribution in [1.82, 2.24) is 9.55 Å². The third kappa shape index (κ3) is 4.36. The molecular formula is C17H13Cl2FN2Se. The van der Waals surface area contributed by atoms with Crippen LogP contribution in [0.4, 0.5) is 4.39 Å². The van der Waals surface area contributed by atoms with Crippen LogP contribution in [0.25, 0.3) is 0 Å². The van der Waals surface area contributed by atoms with Crippen LogP contribution in [0.1, 0.15) is 10.4 Å². The van der Waals surface area contributed by atoms with Crippen LogP contribution in [-0.2, 0) is 6.54 Å². The Bertz CT molecular complexity index is 793. The van der Waals surface area contributed by atoms with E-state index in [1.165, 1.54) is 6.07 Å². The molecule has 0 bridgehead atoms. The number of aromatic nitrogens is 2. The summed E-state index contributed by atoms with van der Waals surface area (Å²) in [5.74, 6) is -0.215. The van der Waals surface area contributed by atoms with Crippen molar-refractivity contribution in [3.63, 3.8) is 0 Å². The molecule has 0 amide bonds. The fourth-order valence-electron chi connectivity index (χ4n) is 2.25. The number of hydrogen-bond acceptors (Lipinski definition) is 1. The molecule has 3 rings (SSSR count). The zero-order valence-electron chi connectivity index (χ0n) is 12.0. The number of hydrogen-bond donors (Lipinski definition) is 0. The molecule has 0 saturated carbocycles. The van der Waals surface area contributed by atoms with E-state index in [4.69, 9.17) is 23.2 Å². The average molecular weight is 414 g/mol. The van der Waals surface area contributed by atoms with E-state index in [2.05, 4.69) is 4.98 Å². The van der Waals surface area contributed by atoms with Crippen molar-refractivity contribution in [1.29, 1.82) is 0 Å². The van der Waals surface area contributed by atoms with Crippen molar-refractivity contribution in [3.05, 3.63) is 82.6 Å². The Balaban J connectivity index is 1.92. The Morgan fingerprint density at radius 1 is 1.17 bits per heavy atom. The van der Waals surface area contributed by atoms with Gasteiger partial charge in [-0.1, -0.05) is 0 Å². The molecule has 0 saturated heterocycles. The summed E-state index contributed by atoms with van der Waals surface area (Å²) in [6.45, 7) is 0.734. The van der Waals surface area contributed by atoms with Crippen molar-refractivity contribution >= 4 is 42.6 Å². The summed E-state index contributed by atoms with van der Waals surface area (Å²) in [5, 5.41) is 1.25. The first-order valence-electron chi connectivity index (χ1n) is 6.95. The van der Waals surface area contributed by atoms with Gasteiger partial charge in [0, 0.05) is 0 Å². The summed E-state index contributed by atoms with van der Waals surface area (Å²) in [6, 6.07) is 12.3. The van der Waals surface area contributed by atoms with Gasteiger partial charge in [0.25, 0.3) is 0 Å². The molecule has 0 spiro atoms. The third-order valence-corrected chi connectivity index (χ3v) is 6.43. The molecule has 118 valence electrons. The van der Waals surface area contributed by atoms with E-state index in [-0.39, 0.29) is 25.6 Å². The molecule has 6 heteroatoms. The number of nitrogens with zero attached hydrogens (tertiary/aromatic N) is 2. The van der Waals surface area contributed by atoms with Crippen LogP contribution in [0.15, 0.2) is 61.2 Å². The van der Waals surface area contributed by atoms with Gasteiger partial charge in [0.15, 0.2) is 0 Å². The Morgan fingerprint density at radius 3 is 2.74 bits per heavy atom. The average Bonchev–Trinajstić information content (AvgIpc) is 3.00. The first kappa shape index (κ1) is 16.5. The van der Waals surface area contributed by atoms with Crippen LogP contribution >= 0.6 is 23.2 Å². The number of rotatable bonds is 5. The fourth-order valence-corrected chi connectivity index (χ4v) is 5.55. The summed E-state index contributed by atoms with van der Waals surface area (Å²) in [4.78, 5) is 4.24. The fraction of sp³-hybridized carbons (Fsp3) is 0.118. The number of halogens is 3. The zero-order valence-corrected chi connectivity index (χ0v) is 15.2. The summed E-state index contributed by atoms with van der Waals surface area (Å²) < 4.78 is 16.5. The van der Waals surface area contributed by atoms with Gasteiger partial charge in [0.2, 0.25) is 0 Å². The van der Waals surface area contributed by atoms with E-state index < -0.39 is 0 Å². The Hall–Kier alpha value is -1.32. The second-order valence-corrected chi connectivity index (χ2v) is 8.51.